The van der Waals surface area contributed by atoms with Gasteiger partial charge in [0, 0.05) is 36.2 Å². The summed E-state index contributed by atoms with van der Waals surface area (Å²) in [5.41, 5.74) is 3.41. The largest absolute Gasteiger partial charge is 0.497 e. The Morgan fingerprint density at radius 2 is 2.00 bits per heavy atom. The molecule has 25 heavy (non-hydrogen) atoms. The molecule has 0 fully saturated rings. The second-order valence-electron chi connectivity index (χ2n) is 6.09. The third kappa shape index (κ3) is 4.09. The Hall–Kier alpha value is -2.60. The topological polar surface area (TPSA) is 56.9 Å². The number of hydrogen-bond donors (Lipinski definition) is 1. The zero-order valence-electron chi connectivity index (χ0n) is 15.0. The molecule has 0 saturated carbocycles. The highest BCUT2D eigenvalue weighted by Gasteiger charge is 2.13. The monoisotopic (exact) mass is 339 g/mol. The van der Waals surface area contributed by atoms with E-state index in [1.165, 1.54) is 5.56 Å². The molecule has 3 rings (SSSR count). The van der Waals surface area contributed by atoms with Gasteiger partial charge in [0.05, 0.1) is 19.0 Å². The van der Waals surface area contributed by atoms with Crippen LogP contribution in [0, 0.1) is 6.92 Å². The number of aromatic nitrogens is 4. The molecule has 3 aromatic rings. The van der Waals surface area contributed by atoms with Crippen LogP contribution < -0.4 is 10.1 Å². The van der Waals surface area contributed by atoms with E-state index in [0.29, 0.717) is 0 Å². The molecule has 6 nitrogen and oxygen atoms in total. The maximum absolute atomic E-state index is 5.21. The fraction of sp³-hybridized carbons (Fsp3) is 0.368. The van der Waals surface area contributed by atoms with Crippen LogP contribution in [0.5, 0.6) is 5.75 Å². The fourth-order valence-electron chi connectivity index (χ4n) is 2.93. The molecule has 0 aliphatic heterocycles. The molecule has 6 heteroatoms. The molecule has 0 spiro atoms. The number of hydrogen-bond acceptors (Lipinski definition) is 4. The third-order valence-electron chi connectivity index (χ3n) is 4.40. The number of benzene rings is 1. The SMILES string of the molecule is COc1ccc(-n2ncc(C(C)NCCCn3cccn3)c2C)cc1. The predicted octanol–water partition coefficient (Wildman–Crippen LogP) is 3.13. The first-order valence-electron chi connectivity index (χ1n) is 8.59. The lowest BCUT2D eigenvalue weighted by molar-refractivity contribution is 0.414. The van der Waals surface area contributed by atoms with E-state index in [4.69, 9.17) is 4.74 Å². The highest BCUT2D eigenvalue weighted by atomic mass is 16.5. The molecule has 1 unspecified atom stereocenters. The number of methoxy groups -OCH3 is 1. The van der Waals surface area contributed by atoms with Gasteiger partial charge in [-0.2, -0.15) is 10.2 Å². The zero-order chi connectivity index (χ0) is 17.6. The number of nitrogens with zero attached hydrogens (tertiary/aromatic N) is 4. The van der Waals surface area contributed by atoms with Gasteiger partial charge in [0.2, 0.25) is 0 Å². The Morgan fingerprint density at radius 1 is 1.20 bits per heavy atom. The summed E-state index contributed by atoms with van der Waals surface area (Å²) in [4.78, 5) is 0. The maximum atomic E-state index is 5.21. The molecule has 1 atom stereocenters. The van der Waals surface area contributed by atoms with E-state index in [0.717, 1.165) is 36.6 Å². The van der Waals surface area contributed by atoms with Gasteiger partial charge in [-0.1, -0.05) is 0 Å². The molecular weight excluding hydrogens is 314 g/mol. The van der Waals surface area contributed by atoms with Crippen molar-refractivity contribution >= 4 is 0 Å². The lowest BCUT2D eigenvalue weighted by Crippen LogP contribution is -2.21. The van der Waals surface area contributed by atoms with Crippen molar-refractivity contribution in [1.29, 1.82) is 0 Å². The molecule has 0 aliphatic carbocycles. The average Bonchev–Trinajstić information content (AvgIpc) is 3.28. The Kier molecular flexibility index (Phi) is 5.50. The van der Waals surface area contributed by atoms with Gasteiger partial charge in [0.1, 0.15) is 5.75 Å². The molecule has 0 saturated heterocycles. The lowest BCUT2D eigenvalue weighted by atomic mass is 10.1. The van der Waals surface area contributed by atoms with Crippen LogP contribution in [-0.2, 0) is 6.54 Å². The van der Waals surface area contributed by atoms with Crippen LogP contribution in [0.15, 0.2) is 48.9 Å². The molecule has 1 aromatic carbocycles. The number of aryl methyl sites for hydroxylation is 1. The van der Waals surface area contributed by atoms with Crippen molar-refractivity contribution in [3.63, 3.8) is 0 Å². The van der Waals surface area contributed by atoms with Crippen LogP contribution in [0.3, 0.4) is 0 Å². The van der Waals surface area contributed by atoms with Gasteiger partial charge in [0.15, 0.2) is 0 Å². The quantitative estimate of drug-likeness (QED) is 0.641. The lowest BCUT2D eigenvalue weighted by Gasteiger charge is -2.14. The molecule has 1 N–H and O–H groups in total. The van der Waals surface area contributed by atoms with Gasteiger partial charge in [-0.25, -0.2) is 4.68 Å². The standard InChI is InChI=1S/C19H25N5O/c1-15(20-10-4-12-23-13-5-11-21-23)19-14-22-24(16(19)2)17-6-8-18(25-3)9-7-17/h5-9,11,13-15,20H,4,10,12H2,1-3H3. The summed E-state index contributed by atoms with van der Waals surface area (Å²) >= 11 is 0. The summed E-state index contributed by atoms with van der Waals surface area (Å²) < 4.78 is 9.14. The van der Waals surface area contributed by atoms with Gasteiger partial charge in [-0.3, -0.25) is 4.68 Å². The first-order chi connectivity index (χ1) is 12.2. The minimum Gasteiger partial charge on any atom is -0.497 e. The second-order valence-corrected chi connectivity index (χ2v) is 6.09. The van der Waals surface area contributed by atoms with Crippen LogP contribution in [0.2, 0.25) is 0 Å². The molecule has 2 heterocycles. The molecule has 0 radical (unpaired) electrons. The summed E-state index contributed by atoms with van der Waals surface area (Å²) in [5.74, 6) is 0.848. The molecule has 0 amide bonds. The normalized spacial score (nSPS) is 12.3. The molecule has 0 aliphatic rings. The molecular formula is C19H25N5O. The van der Waals surface area contributed by atoms with E-state index < -0.39 is 0 Å². The molecule has 2 aromatic heterocycles. The van der Waals surface area contributed by atoms with Crippen LogP contribution in [-0.4, -0.2) is 33.2 Å². The van der Waals surface area contributed by atoms with Crippen LogP contribution in [0.1, 0.15) is 30.6 Å². The summed E-state index contributed by atoms with van der Waals surface area (Å²) in [6, 6.07) is 10.1. The fourth-order valence-corrected chi connectivity index (χ4v) is 2.93. The predicted molar refractivity (Wildman–Crippen MR) is 98.1 cm³/mol. The maximum Gasteiger partial charge on any atom is 0.119 e. The van der Waals surface area contributed by atoms with E-state index in [1.54, 1.807) is 7.11 Å². The Morgan fingerprint density at radius 3 is 2.68 bits per heavy atom. The minimum atomic E-state index is 0.254. The number of ether oxygens (including phenoxy) is 1. The summed E-state index contributed by atoms with van der Waals surface area (Å²) in [6.07, 6.45) is 6.79. The van der Waals surface area contributed by atoms with E-state index in [1.807, 2.05) is 58.3 Å². The van der Waals surface area contributed by atoms with Gasteiger partial charge in [-0.05, 0) is 57.1 Å². The van der Waals surface area contributed by atoms with Crippen molar-refractivity contribution < 1.29 is 4.74 Å². The van der Waals surface area contributed by atoms with Crippen LogP contribution >= 0.6 is 0 Å². The van der Waals surface area contributed by atoms with Crippen molar-refractivity contribution in [3.8, 4) is 11.4 Å². The van der Waals surface area contributed by atoms with E-state index in [-0.39, 0.29) is 6.04 Å². The first kappa shape index (κ1) is 17.2. The van der Waals surface area contributed by atoms with Crippen molar-refractivity contribution in [2.24, 2.45) is 0 Å². The average molecular weight is 339 g/mol. The number of nitrogens with one attached hydrogen (secondary N) is 1. The zero-order valence-corrected chi connectivity index (χ0v) is 15.0. The second kappa shape index (κ2) is 7.98. The van der Waals surface area contributed by atoms with Crippen molar-refractivity contribution in [3.05, 3.63) is 60.2 Å². The van der Waals surface area contributed by atoms with Gasteiger partial charge in [0.25, 0.3) is 0 Å². The van der Waals surface area contributed by atoms with Gasteiger partial charge < -0.3 is 10.1 Å². The van der Waals surface area contributed by atoms with Crippen molar-refractivity contribution in [2.75, 3.05) is 13.7 Å². The number of rotatable bonds is 8. The van der Waals surface area contributed by atoms with Crippen LogP contribution in [0.4, 0.5) is 0 Å². The Labute approximate surface area is 148 Å². The van der Waals surface area contributed by atoms with E-state index >= 15 is 0 Å². The Bertz CT molecular complexity index is 777. The summed E-state index contributed by atoms with van der Waals surface area (Å²) in [5, 5.41) is 12.3. The van der Waals surface area contributed by atoms with Crippen LogP contribution in [0.25, 0.3) is 5.69 Å². The molecule has 0 bridgehead atoms. The van der Waals surface area contributed by atoms with E-state index in [2.05, 4.69) is 29.4 Å². The molecule has 132 valence electrons. The highest BCUT2D eigenvalue weighted by Crippen LogP contribution is 2.21. The van der Waals surface area contributed by atoms with E-state index in [9.17, 15) is 0 Å². The summed E-state index contributed by atoms with van der Waals surface area (Å²) in [7, 11) is 1.67. The van der Waals surface area contributed by atoms with Crippen molar-refractivity contribution in [1.82, 2.24) is 24.9 Å². The Balaban J connectivity index is 1.59. The smallest absolute Gasteiger partial charge is 0.119 e. The first-order valence-corrected chi connectivity index (χ1v) is 8.59. The van der Waals surface area contributed by atoms with Gasteiger partial charge >= 0.3 is 0 Å². The minimum absolute atomic E-state index is 0.254. The highest BCUT2D eigenvalue weighted by molar-refractivity contribution is 5.39. The van der Waals surface area contributed by atoms with Crippen molar-refractivity contribution in [2.45, 2.75) is 32.9 Å². The summed E-state index contributed by atoms with van der Waals surface area (Å²) in [6.45, 7) is 6.15. The van der Waals surface area contributed by atoms with Gasteiger partial charge in [-0.15, -0.1) is 0 Å². The third-order valence-corrected chi connectivity index (χ3v) is 4.40.